The van der Waals surface area contributed by atoms with Gasteiger partial charge >= 0.3 is 0 Å². The highest BCUT2D eigenvalue weighted by Crippen LogP contribution is 2.29. The Bertz CT molecular complexity index is 524. The zero-order valence-corrected chi connectivity index (χ0v) is 10.9. The van der Waals surface area contributed by atoms with Crippen LogP contribution in [0.2, 0.25) is 0 Å². The Morgan fingerprint density at radius 1 is 1.38 bits per heavy atom. The summed E-state index contributed by atoms with van der Waals surface area (Å²) >= 11 is 5.12. The van der Waals surface area contributed by atoms with Crippen LogP contribution in [0.1, 0.15) is 11.3 Å². The van der Waals surface area contributed by atoms with Crippen LogP contribution in [0, 0.1) is 0 Å². The first-order valence-electron chi connectivity index (χ1n) is 5.14. The van der Waals surface area contributed by atoms with E-state index in [-0.39, 0.29) is 0 Å². The van der Waals surface area contributed by atoms with E-state index in [1.807, 2.05) is 12.3 Å². The van der Waals surface area contributed by atoms with E-state index in [4.69, 9.17) is 0 Å². The highest BCUT2D eigenvalue weighted by atomic mass is 79.9. The average Bonchev–Trinajstić information content (AvgIpc) is 2.75. The third-order valence-electron chi connectivity index (χ3n) is 2.60. The van der Waals surface area contributed by atoms with Gasteiger partial charge in [0.15, 0.2) is 5.82 Å². The van der Waals surface area contributed by atoms with E-state index >= 15 is 0 Å². The third kappa shape index (κ3) is 1.90. The molecule has 5 heteroatoms. The summed E-state index contributed by atoms with van der Waals surface area (Å²) in [5, 5.41) is 3.32. The van der Waals surface area contributed by atoms with Crippen LogP contribution in [0.25, 0.3) is 10.7 Å². The molecule has 0 fully saturated rings. The minimum absolute atomic E-state index is 0.844. The van der Waals surface area contributed by atoms with E-state index in [1.165, 1.54) is 11.3 Å². The van der Waals surface area contributed by atoms with E-state index in [2.05, 4.69) is 37.3 Å². The van der Waals surface area contributed by atoms with E-state index in [0.29, 0.717) is 0 Å². The summed E-state index contributed by atoms with van der Waals surface area (Å²) in [4.78, 5) is 10.2. The van der Waals surface area contributed by atoms with Gasteiger partial charge in [0, 0.05) is 31.3 Å². The molecule has 0 radical (unpaired) electrons. The number of nitrogens with zero attached hydrogens (tertiary/aromatic N) is 2. The van der Waals surface area contributed by atoms with E-state index in [9.17, 15) is 0 Å². The van der Waals surface area contributed by atoms with Crippen molar-refractivity contribution in [2.24, 2.45) is 0 Å². The molecule has 0 unspecified atom stereocenters. The molecule has 1 N–H and O–H groups in total. The lowest BCUT2D eigenvalue weighted by Crippen LogP contribution is -2.24. The zero-order valence-electron chi connectivity index (χ0n) is 8.53. The van der Waals surface area contributed by atoms with Crippen LogP contribution < -0.4 is 5.32 Å². The maximum atomic E-state index is 4.64. The van der Waals surface area contributed by atoms with E-state index in [1.54, 1.807) is 11.3 Å². The van der Waals surface area contributed by atoms with Crippen molar-refractivity contribution in [1.29, 1.82) is 0 Å². The number of fused-ring (bicyclic) bond motifs is 1. The molecule has 2 aromatic heterocycles. The number of hydrogen-bond donors (Lipinski definition) is 1. The van der Waals surface area contributed by atoms with Crippen molar-refractivity contribution in [1.82, 2.24) is 15.3 Å². The first-order valence-corrected chi connectivity index (χ1v) is 6.75. The summed E-state index contributed by atoms with van der Waals surface area (Å²) in [7, 11) is 0. The van der Waals surface area contributed by atoms with Crippen LogP contribution in [0.3, 0.4) is 0 Å². The SMILES string of the molecule is Brc1ccc(-c2ncc3c(n2)CCNC3)s1. The molecule has 0 atom stereocenters. The molecule has 1 aliphatic heterocycles. The number of rotatable bonds is 1. The summed E-state index contributed by atoms with van der Waals surface area (Å²) < 4.78 is 1.12. The molecular weight excluding hydrogens is 286 g/mol. The number of thiophene rings is 1. The van der Waals surface area contributed by atoms with Crippen LogP contribution in [-0.2, 0) is 13.0 Å². The van der Waals surface area contributed by atoms with Crippen molar-refractivity contribution in [3.63, 3.8) is 0 Å². The predicted molar refractivity (Wildman–Crippen MR) is 68.5 cm³/mol. The Balaban J connectivity index is 2.02. The van der Waals surface area contributed by atoms with Gasteiger partial charge in [0.2, 0.25) is 0 Å². The second-order valence-corrected chi connectivity index (χ2v) is 6.16. The van der Waals surface area contributed by atoms with Crippen LogP contribution in [0.5, 0.6) is 0 Å². The lowest BCUT2D eigenvalue weighted by atomic mass is 10.1. The Kier molecular flexibility index (Phi) is 2.75. The largest absolute Gasteiger partial charge is 0.312 e. The van der Waals surface area contributed by atoms with Crippen LogP contribution in [0.4, 0.5) is 0 Å². The fraction of sp³-hybridized carbons (Fsp3) is 0.273. The maximum Gasteiger partial charge on any atom is 0.169 e. The smallest absolute Gasteiger partial charge is 0.169 e. The molecule has 0 bridgehead atoms. The molecule has 3 heterocycles. The quantitative estimate of drug-likeness (QED) is 0.879. The summed E-state index contributed by atoms with van der Waals surface area (Å²) in [6, 6.07) is 4.09. The Hall–Kier alpha value is -0.780. The van der Waals surface area contributed by atoms with Crippen molar-refractivity contribution >= 4 is 27.3 Å². The van der Waals surface area contributed by atoms with Gasteiger partial charge in [0.1, 0.15) is 0 Å². The van der Waals surface area contributed by atoms with Crippen molar-refractivity contribution < 1.29 is 0 Å². The van der Waals surface area contributed by atoms with Crippen molar-refractivity contribution in [3.8, 4) is 10.7 Å². The highest BCUT2D eigenvalue weighted by Gasteiger charge is 2.13. The lowest BCUT2D eigenvalue weighted by Gasteiger charge is -2.15. The minimum Gasteiger partial charge on any atom is -0.312 e. The molecule has 82 valence electrons. The molecule has 0 spiro atoms. The minimum atomic E-state index is 0.844. The normalized spacial score (nSPS) is 14.8. The molecule has 0 aliphatic carbocycles. The first-order chi connectivity index (χ1) is 7.83. The highest BCUT2D eigenvalue weighted by molar-refractivity contribution is 9.11. The van der Waals surface area contributed by atoms with Gasteiger partial charge in [0.05, 0.1) is 14.4 Å². The summed E-state index contributed by atoms with van der Waals surface area (Å²) in [6.07, 6.45) is 2.94. The van der Waals surface area contributed by atoms with Crippen LogP contribution in [0.15, 0.2) is 22.1 Å². The molecule has 1 aliphatic rings. The van der Waals surface area contributed by atoms with Crippen molar-refractivity contribution in [2.75, 3.05) is 6.54 Å². The number of halogens is 1. The van der Waals surface area contributed by atoms with Gasteiger partial charge in [-0.15, -0.1) is 11.3 Å². The van der Waals surface area contributed by atoms with Gasteiger partial charge in [-0.3, -0.25) is 0 Å². The predicted octanol–water partition coefficient (Wildman–Crippen LogP) is 2.61. The fourth-order valence-electron chi connectivity index (χ4n) is 1.79. The first kappa shape index (κ1) is 10.4. The topological polar surface area (TPSA) is 37.8 Å². The lowest BCUT2D eigenvalue weighted by molar-refractivity contribution is 0.627. The van der Waals surface area contributed by atoms with Gasteiger partial charge in [-0.25, -0.2) is 9.97 Å². The number of hydrogen-bond acceptors (Lipinski definition) is 4. The van der Waals surface area contributed by atoms with Crippen LogP contribution in [-0.4, -0.2) is 16.5 Å². The zero-order chi connectivity index (χ0) is 11.0. The molecule has 16 heavy (non-hydrogen) atoms. The van der Waals surface area contributed by atoms with Crippen molar-refractivity contribution in [3.05, 3.63) is 33.4 Å². The number of nitrogens with one attached hydrogen (secondary N) is 1. The summed E-state index contributed by atoms with van der Waals surface area (Å²) in [5.74, 6) is 0.844. The second kappa shape index (κ2) is 4.24. The van der Waals surface area contributed by atoms with Gasteiger partial charge < -0.3 is 5.32 Å². The Morgan fingerprint density at radius 3 is 3.12 bits per heavy atom. The summed E-state index contributed by atoms with van der Waals surface area (Å²) in [5.41, 5.74) is 2.42. The van der Waals surface area contributed by atoms with Gasteiger partial charge in [0.25, 0.3) is 0 Å². The van der Waals surface area contributed by atoms with E-state index in [0.717, 1.165) is 34.0 Å². The molecule has 0 saturated heterocycles. The van der Waals surface area contributed by atoms with Crippen LogP contribution >= 0.6 is 27.3 Å². The van der Waals surface area contributed by atoms with Crippen molar-refractivity contribution in [2.45, 2.75) is 13.0 Å². The Labute approximate surface area is 106 Å². The molecule has 3 nitrogen and oxygen atoms in total. The molecule has 3 rings (SSSR count). The molecular formula is C11H10BrN3S. The maximum absolute atomic E-state index is 4.64. The molecule has 0 amide bonds. The fourth-order valence-corrected chi connectivity index (χ4v) is 3.12. The van der Waals surface area contributed by atoms with Gasteiger partial charge in [-0.05, 0) is 28.1 Å². The molecule has 0 aromatic carbocycles. The Morgan fingerprint density at radius 2 is 2.31 bits per heavy atom. The third-order valence-corrected chi connectivity index (χ3v) is 4.22. The molecule has 2 aromatic rings. The monoisotopic (exact) mass is 295 g/mol. The molecule has 0 saturated carbocycles. The van der Waals surface area contributed by atoms with E-state index < -0.39 is 0 Å². The number of aromatic nitrogens is 2. The van der Waals surface area contributed by atoms with Gasteiger partial charge in [-0.2, -0.15) is 0 Å². The second-order valence-electron chi connectivity index (χ2n) is 3.70. The standard InChI is InChI=1S/C11H10BrN3S/c12-10-2-1-9(16-10)11-14-6-7-5-13-4-3-8(7)15-11/h1-2,6,13H,3-5H2. The summed E-state index contributed by atoms with van der Waals surface area (Å²) in [6.45, 7) is 1.90. The van der Waals surface area contributed by atoms with Gasteiger partial charge in [-0.1, -0.05) is 0 Å². The average molecular weight is 296 g/mol.